The first kappa shape index (κ1) is 5.51. The Hall–Kier alpha value is 0.730. The van der Waals surface area contributed by atoms with Crippen molar-refractivity contribution in [2.24, 2.45) is 11.8 Å². The van der Waals surface area contributed by atoms with E-state index >= 15 is 0 Å². The van der Waals surface area contributed by atoms with Gasteiger partial charge in [-0.2, -0.15) is 0 Å². The van der Waals surface area contributed by atoms with Gasteiger partial charge in [-0.25, -0.2) is 0 Å². The van der Waals surface area contributed by atoms with Crippen LogP contribution in [-0.2, 0) is 0 Å². The lowest BCUT2D eigenvalue weighted by atomic mass is 10.0. The van der Waals surface area contributed by atoms with E-state index in [0.717, 1.165) is 15.8 Å². The maximum Gasteiger partial charge on any atom is 0.0141 e. The highest BCUT2D eigenvalue weighted by Crippen LogP contribution is 2.47. The molecule has 46 valence electrons. The van der Waals surface area contributed by atoms with Gasteiger partial charge in [0.25, 0.3) is 0 Å². The topological polar surface area (TPSA) is 0 Å². The van der Waals surface area contributed by atoms with Crippen LogP contribution in [0.2, 0.25) is 0 Å². The van der Waals surface area contributed by atoms with Gasteiger partial charge in [0, 0.05) is 3.92 Å². The molecule has 2 saturated carbocycles. The summed E-state index contributed by atoms with van der Waals surface area (Å²) in [4.78, 5) is 0. The molecule has 0 heterocycles. The summed E-state index contributed by atoms with van der Waals surface area (Å²) in [6, 6.07) is 0. The third-order valence-corrected chi connectivity index (χ3v) is 4.18. The van der Waals surface area contributed by atoms with Crippen molar-refractivity contribution in [1.82, 2.24) is 0 Å². The van der Waals surface area contributed by atoms with Crippen LogP contribution in [0.25, 0.3) is 0 Å². The Morgan fingerprint density at radius 2 is 2.00 bits per heavy atom. The molecule has 0 radical (unpaired) electrons. The average Bonchev–Trinajstić information content (AvgIpc) is 2.23. The van der Waals surface area contributed by atoms with Crippen molar-refractivity contribution in [2.45, 2.75) is 29.6 Å². The highest BCUT2D eigenvalue weighted by Gasteiger charge is 2.37. The molecular formula is C7H11I. The van der Waals surface area contributed by atoms with E-state index in [1.165, 1.54) is 12.8 Å². The Kier molecular flexibility index (Phi) is 1.28. The lowest BCUT2D eigenvalue weighted by Crippen LogP contribution is -2.07. The highest BCUT2D eigenvalue weighted by molar-refractivity contribution is 14.1. The average molecular weight is 222 g/mol. The monoisotopic (exact) mass is 222 g/mol. The van der Waals surface area contributed by atoms with Crippen molar-refractivity contribution in [3.05, 3.63) is 0 Å². The van der Waals surface area contributed by atoms with Gasteiger partial charge < -0.3 is 0 Å². The van der Waals surface area contributed by atoms with Crippen LogP contribution in [0.15, 0.2) is 0 Å². The molecular weight excluding hydrogens is 211 g/mol. The van der Waals surface area contributed by atoms with Crippen LogP contribution in [0.4, 0.5) is 0 Å². The zero-order chi connectivity index (χ0) is 5.56. The summed E-state index contributed by atoms with van der Waals surface area (Å²) in [7, 11) is 0. The predicted molar refractivity (Wildman–Crippen MR) is 43.3 cm³/mol. The quantitative estimate of drug-likeness (QED) is 0.436. The minimum atomic E-state index is 1.05. The summed E-state index contributed by atoms with van der Waals surface area (Å²) < 4.78 is 1.05. The third kappa shape index (κ3) is 0.703. The predicted octanol–water partition coefficient (Wildman–Crippen LogP) is 2.61. The van der Waals surface area contributed by atoms with Crippen LogP contribution >= 0.6 is 22.6 Å². The standard InChI is InChI=1S/C7H11I/c8-7-4-5-1-2-6(7)3-5/h5-7H,1-4H2/t5-,6+,7+/m0/s1. The Bertz CT molecular complexity index is 98.6. The van der Waals surface area contributed by atoms with Crippen molar-refractivity contribution in [3.8, 4) is 0 Å². The molecule has 1 heteroatoms. The summed E-state index contributed by atoms with van der Waals surface area (Å²) in [6.45, 7) is 0. The molecule has 0 spiro atoms. The molecule has 2 aliphatic carbocycles. The molecule has 0 nitrogen and oxygen atoms in total. The fraction of sp³-hybridized carbons (Fsp3) is 1.00. The lowest BCUT2D eigenvalue weighted by Gasteiger charge is -2.13. The largest absolute Gasteiger partial charge is 0.0823 e. The molecule has 2 rings (SSSR count). The van der Waals surface area contributed by atoms with Gasteiger partial charge in [0.1, 0.15) is 0 Å². The first-order valence-corrected chi connectivity index (χ1v) is 4.75. The van der Waals surface area contributed by atoms with Gasteiger partial charge in [0.2, 0.25) is 0 Å². The van der Waals surface area contributed by atoms with Gasteiger partial charge in [-0.3, -0.25) is 0 Å². The summed E-state index contributed by atoms with van der Waals surface area (Å²) in [5.74, 6) is 2.27. The second kappa shape index (κ2) is 1.86. The van der Waals surface area contributed by atoms with Crippen LogP contribution < -0.4 is 0 Å². The summed E-state index contributed by atoms with van der Waals surface area (Å²) >= 11 is 2.62. The van der Waals surface area contributed by atoms with Crippen molar-refractivity contribution < 1.29 is 0 Å². The Morgan fingerprint density at radius 1 is 1.12 bits per heavy atom. The van der Waals surface area contributed by atoms with Gasteiger partial charge in [-0.15, -0.1) is 0 Å². The number of fused-ring (bicyclic) bond motifs is 2. The van der Waals surface area contributed by atoms with Crippen LogP contribution in [0.1, 0.15) is 25.7 Å². The molecule has 2 bridgehead atoms. The minimum Gasteiger partial charge on any atom is -0.0823 e. The van der Waals surface area contributed by atoms with Gasteiger partial charge in [-0.05, 0) is 31.1 Å². The number of halogens is 1. The zero-order valence-electron chi connectivity index (χ0n) is 4.94. The molecule has 0 aliphatic heterocycles. The van der Waals surface area contributed by atoms with Gasteiger partial charge in [-0.1, -0.05) is 29.0 Å². The number of alkyl halides is 1. The number of hydrogen-bond acceptors (Lipinski definition) is 0. The first-order chi connectivity index (χ1) is 3.86. The van der Waals surface area contributed by atoms with E-state index in [1.807, 2.05) is 0 Å². The maximum atomic E-state index is 2.62. The molecule has 0 aromatic heterocycles. The molecule has 0 amide bonds. The molecule has 2 fully saturated rings. The van der Waals surface area contributed by atoms with Crippen molar-refractivity contribution in [1.29, 1.82) is 0 Å². The summed E-state index contributed by atoms with van der Waals surface area (Å²) in [5.41, 5.74) is 0. The van der Waals surface area contributed by atoms with E-state index in [4.69, 9.17) is 0 Å². The van der Waals surface area contributed by atoms with Gasteiger partial charge in [0.05, 0.1) is 0 Å². The van der Waals surface area contributed by atoms with Gasteiger partial charge >= 0.3 is 0 Å². The molecule has 0 N–H and O–H groups in total. The first-order valence-electron chi connectivity index (χ1n) is 3.50. The molecule has 0 aromatic carbocycles. The van der Waals surface area contributed by atoms with Crippen LogP contribution in [-0.4, -0.2) is 3.92 Å². The van der Waals surface area contributed by atoms with E-state index in [-0.39, 0.29) is 0 Å². The number of hydrogen-bond donors (Lipinski definition) is 0. The minimum absolute atomic E-state index is 1.05. The smallest absolute Gasteiger partial charge is 0.0141 e. The van der Waals surface area contributed by atoms with Crippen LogP contribution in [0, 0.1) is 11.8 Å². The second-order valence-electron chi connectivity index (χ2n) is 3.19. The molecule has 8 heavy (non-hydrogen) atoms. The molecule has 0 aromatic rings. The molecule has 0 saturated heterocycles. The second-order valence-corrected chi connectivity index (χ2v) is 4.79. The van der Waals surface area contributed by atoms with E-state index in [2.05, 4.69) is 22.6 Å². The SMILES string of the molecule is I[C@@H]1C[C@H]2CC[C@@H]1C2. The van der Waals surface area contributed by atoms with Crippen molar-refractivity contribution >= 4 is 22.6 Å². The summed E-state index contributed by atoms with van der Waals surface area (Å²) in [6.07, 6.45) is 6.18. The molecule has 0 unspecified atom stereocenters. The fourth-order valence-electron chi connectivity index (χ4n) is 2.17. The Labute approximate surface area is 64.2 Å². The zero-order valence-corrected chi connectivity index (χ0v) is 7.10. The highest BCUT2D eigenvalue weighted by atomic mass is 127. The van der Waals surface area contributed by atoms with Crippen molar-refractivity contribution in [2.75, 3.05) is 0 Å². The fourth-order valence-corrected chi connectivity index (χ4v) is 3.54. The maximum absolute atomic E-state index is 2.62. The van der Waals surface area contributed by atoms with Crippen LogP contribution in [0.3, 0.4) is 0 Å². The van der Waals surface area contributed by atoms with Gasteiger partial charge in [0.15, 0.2) is 0 Å². The Balaban J connectivity index is 2.11. The number of rotatable bonds is 0. The van der Waals surface area contributed by atoms with E-state index in [1.54, 1.807) is 12.8 Å². The normalized spacial score (nSPS) is 52.9. The summed E-state index contributed by atoms with van der Waals surface area (Å²) in [5, 5.41) is 0. The Morgan fingerprint density at radius 3 is 2.25 bits per heavy atom. The van der Waals surface area contributed by atoms with E-state index in [9.17, 15) is 0 Å². The molecule has 3 atom stereocenters. The third-order valence-electron chi connectivity index (χ3n) is 2.65. The van der Waals surface area contributed by atoms with E-state index in [0.29, 0.717) is 0 Å². The van der Waals surface area contributed by atoms with E-state index < -0.39 is 0 Å². The lowest BCUT2D eigenvalue weighted by molar-refractivity contribution is 0.503. The van der Waals surface area contributed by atoms with Crippen LogP contribution in [0.5, 0.6) is 0 Å². The molecule has 2 aliphatic rings. The van der Waals surface area contributed by atoms with Crippen molar-refractivity contribution in [3.63, 3.8) is 0 Å².